The summed E-state index contributed by atoms with van der Waals surface area (Å²) in [6.45, 7) is 2.25. The van der Waals surface area contributed by atoms with E-state index in [0.29, 0.717) is 18.8 Å². The maximum Gasteiger partial charge on any atom is 0.309 e. The second-order valence-electron chi connectivity index (χ2n) is 8.44. The SMILES string of the molecule is CCCC1CCC(CCC2CCC(c3ccc(OC)c(F)c3F)OC2=O)CC1. The van der Waals surface area contributed by atoms with Crippen LogP contribution in [0, 0.1) is 29.4 Å². The summed E-state index contributed by atoms with van der Waals surface area (Å²) in [6.07, 6.45) is 10.2. The van der Waals surface area contributed by atoms with Crippen molar-refractivity contribution < 1.29 is 23.0 Å². The number of halogens is 2. The average molecular weight is 395 g/mol. The van der Waals surface area contributed by atoms with Gasteiger partial charge in [-0.05, 0) is 49.7 Å². The van der Waals surface area contributed by atoms with Gasteiger partial charge in [-0.25, -0.2) is 4.39 Å². The van der Waals surface area contributed by atoms with Crippen molar-refractivity contribution in [1.82, 2.24) is 0 Å². The predicted molar refractivity (Wildman–Crippen MR) is 104 cm³/mol. The summed E-state index contributed by atoms with van der Waals surface area (Å²) in [7, 11) is 1.29. The van der Waals surface area contributed by atoms with Crippen LogP contribution in [0.3, 0.4) is 0 Å². The fraction of sp³-hybridized carbons (Fsp3) is 0.696. The largest absolute Gasteiger partial charge is 0.494 e. The van der Waals surface area contributed by atoms with Crippen molar-refractivity contribution in [3.63, 3.8) is 0 Å². The van der Waals surface area contributed by atoms with E-state index in [2.05, 4.69) is 6.92 Å². The minimum absolute atomic E-state index is 0.0966. The molecule has 28 heavy (non-hydrogen) atoms. The van der Waals surface area contributed by atoms with Gasteiger partial charge < -0.3 is 9.47 Å². The Balaban J connectivity index is 1.49. The first-order valence-electron chi connectivity index (χ1n) is 10.8. The zero-order valence-electron chi connectivity index (χ0n) is 17.0. The number of methoxy groups -OCH3 is 1. The summed E-state index contributed by atoms with van der Waals surface area (Å²) in [5.41, 5.74) is 0.0966. The molecule has 1 aliphatic heterocycles. The van der Waals surface area contributed by atoms with E-state index in [1.165, 1.54) is 57.8 Å². The van der Waals surface area contributed by atoms with Crippen LogP contribution >= 0.6 is 0 Å². The van der Waals surface area contributed by atoms with Crippen molar-refractivity contribution >= 4 is 5.97 Å². The van der Waals surface area contributed by atoms with Gasteiger partial charge in [0.25, 0.3) is 0 Å². The summed E-state index contributed by atoms with van der Waals surface area (Å²) < 4.78 is 38.5. The highest BCUT2D eigenvalue weighted by Crippen LogP contribution is 2.39. The smallest absolute Gasteiger partial charge is 0.309 e. The molecule has 5 heteroatoms. The van der Waals surface area contributed by atoms with Gasteiger partial charge in [0, 0.05) is 5.56 Å². The molecular weight excluding hydrogens is 362 g/mol. The molecule has 2 aliphatic rings. The Morgan fingerprint density at radius 1 is 0.964 bits per heavy atom. The minimum Gasteiger partial charge on any atom is -0.494 e. The van der Waals surface area contributed by atoms with E-state index < -0.39 is 17.7 Å². The second kappa shape index (κ2) is 9.71. The van der Waals surface area contributed by atoms with Crippen molar-refractivity contribution in [3.8, 4) is 5.75 Å². The van der Waals surface area contributed by atoms with Crippen LogP contribution in [-0.2, 0) is 9.53 Å². The van der Waals surface area contributed by atoms with Crippen molar-refractivity contribution in [2.45, 2.75) is 77.2 Å². The van der Waals surface area contributed by atoms with Crippen LogP contribution in [0.5, 0.6) is 5.75 Å². The fourth-order valence-corrected chi connectivity index (χ4v) is 4.85. The summed E-state index contributed by atoms with van der Waals surface area (Å²) in [4.78, 5) is 12.4. The zero-order valence-corrected chi connectivity index (χ0v) is 17.0. The van der Waals surface area contributed by atoms with Crippen LogP contribution in [0.2, 0.25) is 0 Å². The number of cyclic esters (lactones) is 1. The van der Waals surface area contributed by atoms with Crippen molar-refractivity contribution in [3.05, 3.63) is 29.3 Å². The van der Waals surface area contributed by atoms with Crippen LogP contribution in [0.1, 0.15) is 82.8 Å². The van der Waals surface area contributed by atoms with Gasteiger partial charge >= 0.3 is 5.97 Å². The number of hydrogen-bond acceptors (Lipinski definition) is 3. The molecule has 3 nitrogen and oxygen atoms in total. The van der Waals surface area contributed by atoms with Crippen molar-refractivity contribution in [2.75, 3.05) is 7.11 Å². The molecule has 2 fully saturated rings. The van der Waals surface area contributed by atoms with Gasteiger partial charge in [0.1, 0.15) is 6.10 Å². The molecule has 1 heterocycles. The molecule has 1 aromatic rings. The lowest BCUT2D eigenvalue weighted by molar-refractivity contribution is -0.161. The topological polar surface area (TPSA) is 35.5 Å². The monoisotopic (exact) mass is 394 g/mol. The molecule has 0 aromatic heterocycles. The first-order valence-corrected chi connectivity index (χ1v) is 10.8. The molecule has 0 spiro atoms. The molecule has 1 saturated carbocycles. The Labute approximate surface area is 166 Å². The Morgan fingerprint density at radius 3 is 2.25 bits per heavy atom. The highest BCUT2D eigenvalue weighted by atomic mass is 19.2. The van der Waals surface area contributed by atoms with E-state index in [-0.39, 0.29) is 23.2 Å². The third-order valence-corrected chi connectivity index (χ3v) is 6.60. The van der Waals surface area contributed by atoms with Crippen LogP contribution in [-0.4, -0.2) is 13.1 Å². The molecule has 0 amide bonds. The lowest BCUT2D eigenvalue weighted by atomic mass is 9.77. The quantitative estimate of drug-likeness (QED) is 0.505. The van der Waals surface area contributed by atoms with Crippen LogP contribution in [0.4, 0.5) is 8.78 Å². The van der Waals surface area contributed by atoms with E-state index in [0.717, 1.165) is 18.8 Å². The highest BCUT2D eigenvalue weighted by Gasteiger charge is 2.34. The number of carbonyl (C=O) groups excluding carboxylic acids is 1. The Kier molecular flexibility index (Phi) is 7.30. The maximum absolute atomic E-state index is 14.3. The van der Waals surface area contributed by atoms with E-state index in [1.807, 2.05) is 0 Å². The molecule has 2 unspecified atom stereocenters. The third kappa shape index (κ3) is 4.84. The first kappa shape index (κ1) is 21.1. The number of esters is 1. The summed E-state index contributed by atoms with van der Waals surface area (Å²) in [6, 6.07) is 2.83. The van der Waals surface area contributed by atoms with Gasteiger partial charge in [-0.15, -0.1) is 0 Å². The number of ether oxygens (including phenoxy) is 2. The maximum atomic E-state index is 14.3. The predicted octanol–water partition coefficient (Wildman–Crippen LogP) is 6.35. The van der Waals surface area contributed by atoms with Crippen LogP contribution in [0.25, 0.3) is 0 Å². The van der Waals surface area contributed by atoms with Crippen molar-refractivity contribution in [1.29, 1.82) is 0 Å². The normalized spacial score (nSPS) is 28.1. The number of rotatable bonds is 7. The van der Waals surface area contributed by atoms with Crippen molar-refractivity contribution in [2.24, 2.45) is 17.8 Å². The van der Waals surface area contributed by atoms with Gasteiger partial charge in [-0.3, -0.25) is 4.79 Å². The molecular formula is C23H32F2O3. The minimum atomic E-state index is -1.03. The number of hydrogen-bond donors (Lipinski definition) is 0. The van der Waals surface area contributed by atoms with Crippen LogP contribution in [0.15, 0.2) is 12.1 Å². The first-order chi connectivity index (χ1) is 13.5. The molecule has 0 radical (unpaired) electrons. The molecule has 0 bridgehead atoms. The lowest BCUT2D eigenvalue weighted by Crippen LogP contribution is -2.28. The summed E-state index contributed by atoms with van der Waals surface area (Å²) in [5, 5.41) is 0. The highest BCUT2D eigenvalue weighted by molar-refractivity contribution is 5.73. The molecule has 1 saturated heterocycles. The average Bonchev–Trinajstić information content (AvgIpc) is 2.70. The fourth-order valence-electron chi connectivity index (χ4n) is 4.85. The Morgan fingerprint density at radius 2 is 1.64 bits per heavy atom. The molecule has 1 aliphatic carbocycles. The van der Waals surface area contributed by atoms with Gasteiger partial charge in [-0.1, -0.05) is 45.4 Å². The van der Waals surface area contributed by atoms with E-state index in [4.69, 9.17) is 9.47 Å². The number of benzene rings is 1. The van der Waals surface area contributed by atoms with Gasteiger partial charge in [0.15, 0.2) is 11.6 Å². The molecule has 0 N–H and O–H groups in total. The molecule has 2 atom stereocenters. The standard InChI is InChI=1S/C23H32F2O3/c1-3-4-15-5-7-16(8-6-15)9-10-17-11-13-19(28-23(17)26)18-12-14-20(27-2)22(25)21(18)24/h12,14-17,19H,3-11,13H2,1-2H3. The summed E-state index contributed by atoms with van der Waals surface area (Å²) in [5.74, 6) is -0.943. The van der Waals surface area contributed by atoms with Gasteiger partial charge in [-0.2, -0.15) is 4.39 Å². The Hall–Kier alpha value is -1.65. The molecule has 3 rings (SSSR count). The summed E-state index contributed by atoms with van der Waals surface area (Å²) >= 11 is 0. The third-order valence-electron chi connectivity index (χ3n) is 6.60. The van der Waals surface area contributed by atoms with E-state index in [9.17, 15) is 13.6 Å². The van der Waals surface area contributed by atoms with Gasteiger partial charge in [0.2, 0.25) is 5.82 Å². The molecule has 156 valence electrons. The number of carbonyl (C=O) groups is 1. The van der Waals surface area contributed by atoms with Crippen LogP contribution < -0.4 is 4.74 Å². The van der Waals surface area contributed by atoms with E-state index >= 15 is 0 Å². The lowest BCUT2D eigenvalue weighted by Gasteiger charge is -2.31. The van der Waals surface area contributed by atoms with E-state index in [1.54, 1.807) is 0 Å². The van der Waals surface area contributed by atoms with Gasteiger partial charge in [0.05, 0.1) is 13.0 Å². The second-order valence-corrected chi connectivity index (χ2v) is 8.44. The Bertz CT molecular complexity index is 668. The zero-order chi connectivity index (χ0) is 20.1. The molecule has 1 aromatic carbocycles.